The lowest BCUT2D eigenvalue weighted by Crippen LogP contribution is -2.14. The zero-order chi connectivity index (χ0) is 22.1. The highest BCUT2D eigenvalue weighted by molar-refractivity contribution is 6.34. The third-order valence-electron chi connectivity index (χ3n) is 5.19. The van der Waals surface area contributed by atoms with Crippen molar-refractivity contribution in [3.63, 3.8) is 0 Å². The highest BCUT2D eigenvalue weighted by Gasteiger charge is 2.32. The van der Waals surface area contributed by atoms with Gasteiger partial charge >= 0.3 is 11.6 Å². The number of ether oxygens (including phenoxy) is 2. The van der Waals surface area contributed by atoms with E-state index in [2.05, 4.69) is 20.2 Å². The van der Waals surface area contributed by atoms with Gasteiger partial charge in [-0.3, -0.25) is 14.8 Å². The minimum absolute atomic E-state index is 0.0190. The molecule has 2 unspecified atom stereocenters. The quantitative estimate of drug-likeness (QED) is 0.144. The number of rotatable bonds is 10. The molecule has 166 valence electrons. The molecule has 0 bridgehead atoms. The maximum atomic E-state index is 11.6. The highest BCUT2D eigenvalue weighted by Crippen LogP contribution is 2.35. The Balaban J connectivity index is 1.45. The molecular weight excluding hydrogens is 449 g/mol. The number of fused-ring (bicyclic) bond motifs is 1. The van der Waals surface area contributed by atoms with E-state index >= 15 is 0 Å². The molecule has 11 nitrogen and oxygen atoms in total. The summed E-state index contributed by atoms with van der Waals surface area (Å²) in [6, 6.07) is 0.0190. The van der Waals surface area contributed by atoms with E-state index < -0.39 is 4.92 Å². The van der Waals surface area contributed by atoms with Crippen LogP contribution in [-0.4, -0.2) is 53.8 Å². The second-order valence-corrected chi connectivity index (χ2v) is 7.98. The molecule has 4 rings (SSSR count). The second kappa shape index (κ2) is 8.93. The molecule has 31 heavy (non-hydrogen) atoms. The maximum absolute atomic E-state index is 11.6. The molecule has 0 N–H and O–H groups in total. The van der Waals surface area contributed by atoms with E-state index in [-0.39, 0.29) is 40.8 Å². The number of aromatic nitrogens is 6. The SMILES string of the molecule is CCC(CC1CO1)n1nc(OCCCn2nc(Cl)c3cnc(Cl)nc32)c([N+](=O)[O-])c1C. The van der Waals surface area contributed by atoms with Crippen LogP contribution in [0.25, 0.3) is 11.0 Å². The van der Waals surface area contributed by atoms with Gasteiger partial charge in [-0.15, -0.1) is 5.10 Å². The molecule has 0 aromatic carbocycles. The van der Waals surface area contributed by atoms with E-state index in [4.69, 9.17) is 32.7 Å². The summed E-state index contributed by atoms with van der Waals surface area (Å²) in [7, 11) is 0. The lowest BCUT2D eigenvalue weighted by molar-refractivity contribution is -0.386. The van der Waals surface area contributed by atoms with Crippen LogP contribution < -0.4 is 4.74 Å². The van der Waals surface area contributed by atoms with Gasteiger partial charge in [0.2, 0.25) is 5.28 Å². The number of hydrogen-bond acceptors (Lipinski definition) is 8. The molecule has 1 aliphatic rings. The average Bonchev–Trinajstić information content (AvgIpc) is 3.42. The zero-order valence-electron chi connectivity index (χ0n) is 17.0. The van der Waals surface area contributed by atoms with Crippen molar-refractivity contribution in [2.45, 2.75) is 51.8 Å². The van der Waals surface area contributed by atoms with Crippen molar-refractivity contribution >= 4 is 39.9 Å². The van der Waals surface area contributed by atoms with E-state index in [0.29, 0.717) is 29.7 Å². The predicted octanol–water partition coefficient (Wildman–Crippen LogP) is 3.76. The fourth-order valence-electron chi connectivity index (χ4n) is 3.53. The smallest absolute Gasteiger partial charge is 0.352 e. The zero-order valence-corrected chi connectivity index (χ0v) is 18.5. The predicted molar refractivity (Wildman–Crippen MR) is 113 cm³/mol. The number of epoxide rings is 1. The van der Waals surface area contributed by atoms with E-state index in [1.165, 1.54) is 6.20 Å². The van der Waals surface area contributed by atoms with Crippen LogP contribution in [0.4, 0.5) is 5.69 Å². The highest BCUT2D eigenvalue weighted by atomic mass is 35.5. The van der Waals surface area contributed by atoms with Gasteiger partial charge in [0.15, 0.2) is 10.8 Å². The van der Waals surface area contributed by atoms with E-state index in [1.54, 1.807) is 16.3 Å². The average molecular weight is 470 g/mol. The standard InChI is InChI=1S/C18H21Cl2N7O4/c1-3-11(7-12-9-31-12)26-10(2)14(27(28)29)17(24-26)30-6-4-5-25-16-13(15(19)23-25)8-21-18(20)22-16/h8,11-12H,3-7,9H2,1-2H3. The Labute approximate surface area is 187 Å². The molecule has 0 amide bonds. The Morgan fingerprint density at radius 1 is 1.42 bits per heavy atom. The van der Waals surface area contributed by atoms with E-state index in [1.807, 2.05) is 6.92 Å². The molecule has 13 heteroatoms. The lowest BCUT2D eigenvalue weighted by atomic mass is 10.1. The number of halogens is 2. The summed E-state index contributed by atoms with van der Waals surface area (Å²) in [5, 5.41) is 21.2. The lowest BCUT2D eigenvalue weighted by Gasteiger charge is -2.15. The Hall–Kier alpha value is -2.50. The number of nitrogens with zero attached hydrogens (tertiary/aromatic N) is 7. The van der Waals surface area contributed by atoms with Crippen LogP contribution in [0.5, 0.6) is 5.88 Å². The van der Waals surface area contributed by atoms with Crippen LogP contribution in [0.15, 0.2) is 6.20 Å². The van der Waals surface area contributed by atoms with Crippen molar-refractivity contribution < 1.29 is 14.4 Å². The Morgan fingerprint density at radius 2 is 2.19 bits per heavy atom. The number of aryl methyl sites for hydroxylation is 1. The van der Waals surface area contributed by atoms with Crippen LogP contribution in [0.2, 0.25) is 10.4 Å². The first-order valence-corrected chi connectivity index (χ1v) is 10.7. The first kappa shape index (κ1) is 21.7. The maximum Gasteiger partial charge on any atom is 0.352 e. The van der Waals surface area contributed by atoms with Gasteiger partial charge in [-0.1, -0.05) is 18.5 Å². The molecule has 3 aromatic heterocycles. The van der Waals surface area contributed by atoms with Crippen molar-refractivity contribution in [3.05, 3.63) is 32.4 Å². The molecule has 3 aromatic rings. The van der Waals surface area contributed by atoms with Crippen LogP contribution in [-0.2, 0) is 11.3 Å². The Bertz CT molecular complexity index is 1110. The van der Waals surface area contributed by atoms with Gasteiger partial charge in [-0.2, -0.15) is 10.1 Å². The van der Waals surface area contributed by atoms with E-state index in [9.17, 15) is 10.1 Å². The van der Waals surface area contributed by atoms with Gasteiger partial charge in [0.1, 0.15) is 5.69 Å². The first-order chi connectivity index (χ1) is 14.9. The summed E-state index contributed by atoms with van der Waals surface area (Å²) in [4.78, 5) is 19.2. The summed E-state index contributed by atoms with van der Waals surface area (Å²) in [5.41, 5.74) is 0.884. The normalized spacial score (nSPS) is 16.6. The van der Waals surface area contributed by atoms with Gasteiger partial charge in [-0.05, 0) is 31.4 Å². The Kier molecular flexibility index (Phi) is 6.26. The van der Waals surface area contributed by atoms with Crippen LogP contribution in [0.3, 0.4) is 0 Å². The van der Waals surface area contributed by atoms with Crippen molar-refractivity contribution in [1.82, 2.24) is 29.5 Å². The minimum atomic E-state index is -0.450. The minimum Gasteiger partial charge on any atom is -0.472 e. The number of hydrogen-bond donors (Lipinski definition) is 0. The molecule has 1 fully saturated rings. The van der Waals surface area contributed by atoms with E-state index in [0.717, 1.165) is 19.4 Å². The van der Waals surface area contributed by atoms with Crippen LogP contribution >= 0.6 is 23.2 Å². The van der Waals surface area contributed by atoms with Crippen molar-refractivity contribution in [2.24, 2.45) is 0 Å². The molecule has 4 heterocycles. The summed E-state index contributed by atoms with van der Waals surface area (Å²) in [6.45, 7) is 5.08. The molecular formula is C18H21Cl2N7O4. The molecule has 0 aliphatic carbocycles. The molecule has 1 saturated heterocycles. The fraction of sp³-hybridized carbons (Fsp3) is 0.556. The van der Waals surface area contributed by atoms with Crippen LogP contribution in [0, 0.1) is 17.0 Å². The molecule has 0 saturated carbocycles. The van der Waals surface area contributed by atoms with Gasteiger partial charge in [0, 0.05) is 19.2 Å². The van der Waals surface area contributed by atoms with Gasteiger partial charge < -0.3 is 9.47 Å². The first-order valence-electron chi connectivity index (χ1n) is 9.91. The topological polar surface area (TPSA) is 126 Å². The van der Waals surface area contributed by atoms with Crippen molar-refractivity contribution in [1.29, 1.82) is 0 Å². The van der Waals surface area contributed by atoms with Gasteiger partial charge in [0.25, 0.3) is 0 Å². The largest absolute Gasteiger partial charge is 0.472 e. The third-order valence-corrected chi connectivity index (χ3v) is 5.65. The van der Waals surface area contributed by atoms with Gasteiger partial charge in [0.05, 0.1) is 35.7 Å². The van der Waals surface area contributed by atoms with Crippen molar-refractivity contribution in [3.8, 4) is 5.88 Å². The molecule has 2 atom stereocenters. The molecule has 0 spiro atoms. The summed E-state index contributed by atoms with van der Waals surface area (Å²) in [6.07, 6.45) is 3.78. The number of nitro groups is 1. The van der Waals surface area contributed by atoms with Gasteiger partial charge in [-0.25, -0.2) is 9.67 Å². The molecule has 0 radical (unpaired) electrons. The third kappa shape index (κ3) is 4.58. The van der Waals surface area contributed by atoms with Crippen molar-refractivity contribution in [2.75, 3.05) is 13.2 Å². The fourth-order valence-corrected chi connectivity index (χ4v) is 3.89. The summed E-state index contributed by atoms with van der Waals surface area (Å²) < 4.78 is 14.3. The molecule has 1 aliphatic heterocycles. The second-order valence-electron chi connectivity index (χ2n) is 7.29. The monoisotopic (exact) mass is 469 g/mol. The van der Waals surface area contributed by atoms with Crippen LogP contribution in [0.1, 0.15) is 37.9 Å². The summed E-state index contributed by atoms with van der Waals surface area (Å²) >= 11 is 12.0. The Morgan fingerprint density at radius 3 is 2.87 bits per heavy atom. The summed E-state index contributed by atoms with van der Waals surface area (Å²) in [5.74, 6) is 0.0198.